The maximum absolute atomic E-state index is 13.4. The summed E-state index contributed by atoms with van der Waals surface area (Å²) in [6.07, 6.45) is 1.98. The number of nitrogens with one attached hydrogen (secondary N) is 3. The van der Waals surface area contributed by atoms with Crippen LogP contribution in [0.5, 0.6) is 0 Å². The van der Waals surface area contributed by atoms with Crippen LogP contribution in [0, 0.1) is 0 Å². The van der Waals surface area contributed by atoms with E-state index in [0.717, 1.165) is 17.5 Å². The van der Waals surface area contributed by atoms with E-state index in [-0.39, 0.29) is 12.8 Å². The van der Waals surface area contributed by atoms with Gasteiger partial charge in [-0.3, -0.25) is 14.4 Å². The van der Waals surface area contributed by atoms with Gasteiger partial charge in [0.2, 0.25) is 17.7 Å². The van der Waals surface area contributed by atoms with Crippen LogP contribution in [0.2, 0.25) is 0 Å². The number of nitrogens with two attached hydrogens (primary N) is 2. The van der Waals surface area contributed by atoms with Crippen molar-refractivity contribution in [2.45, 2.75) is 56.3 Å². The van der Waals surface area contributed by atoms with E-state index < -0.39 is 54.5 Å². The Labute approximate surface area is 222 Å². The zero-order valence-electron chi connectivity index (χ0n) is 21.2. The topological polar surface area (TPSA) is 197 Å². The average molecular weight is 528 g/mol. The lowest BCUT2D eigenvalue weighted by Crippen LogP contribution is -2.58. The van der Waals surface area contributed by atoms with Gasteiger partial charge in [-0.1, -0.05) is 67.1 Å². The Morgan fingerprint density at radius 2 is 1.16 bits per heavy atom. The summed E-state index contributed by atoms with van der Waals surface area (Å²) in [6.45, 7) is -0.334. The molecule has 0 aliphatic heterocycles. The summed E-state index contributed by atoms with van der Waals surface area (Å²) in [4.78, 5) is 50.6. The van der Waals surface area contributed by atoms with Crippen LogP contribution in [0.4, 0.5) is 0 Å². The summed E-state index contributed by atoms with van der Waals surface area (Å²) < 4.78 is 0. The van der Waals surface area contributed by atoms with Crippen molar-refractivity contribution in [1.29, 1.82) is 0 Å². The molecule has 0 spiro atoms. The summed E-state index contributed by atoms with van der Waals surface area (Å²) in [7, 11) is 0. The molecule has 206 valence electrons. The highest BCUT2D eigenvalue weighted by atomic mass is 16.4. The van der Waals surface area contributed by atoms with Gasteiger partial charge in [-0.2, -0.15) is 0 Å². The van der Waals surface area contributed by atoms with Crippen LogP contribution in [0.1, 0.15) is 30.4 Å². The minimum atomic E-state index is -1.54. The summed E-state index contributed by atoms with van der Waals surface area (Å²) in [6, 6.07) is 13.3. The van der Waals surface area contributed by atoms with E-state index in [4.69, 9.17) is 11.5 Å². The summed E-state index contributed by atoms with van der Waals surface area (Å²) in [5, 5.41) is 26.2. The molecule has 0 aliphatic carbocycles. The maximum atomic E-state index is 13.4. The van der Waals surface area contributed by atoms with Gasteiger partial charge in [0.05, 0.1) is 12.6 Å². The predicted octanol–water partition coefficient (Wildman–Crippen LogP) is -0.541. The second-order valence-electron chi connectivity index (χ2n) is 8.97. The number of carbonyl (C=O) groups is 4. The fourth-order valence-electron chi connectivity index (χ4n) is 3.77. The van der Waals surface area contributed by atoms with Gasteiger partial charge in [-0.05, 0) is 30.5 Å². The zero-order valence-corrected chi connectivity index (χ0v) is 21.2. The highest BCUT2D eigenvalue weighted by molar-refractivity contribution is 5.94. The van der Waals surface area contributed by atoms with E-state index in [9.17, 15) is 29.4 Å². The molecule has 4 atom stereocenters. The number of unbranched alkanes of at least 4 members (excludes halogenated alkanes) is 1. The third-order valence-corrected chi connectivity index (χ3v) is 5.93. The molecule has 0 saturated heterocycles. The fourth-order valence-corrected chi connectivity index (χ4v) is 3.77. The number of hydrogen-bond acceptors (Lipinski definition) is 7. The van der Waals surface area contributed by atoms with E-state index in [1.165, 1.54) is 0 Å². The molecule has 3 amide bonds. The van der Waals surface area contributed by atoms with E-state index in [2.05, 4.69) is 16.0 Å². The summed E-state index contributed by atoms with van der Waals surface area (Å²) >= 11 is 0. The number of carboxylic acids is 1. The van der Waals surface area contributed by atoms with Crippen LogP contribution in [0.15, 0.2) is 60.7 Å². The van der Waals surface area contributed by atoms with Gasteiger partial charge in [-0.25, -0.2) is 4.79 Å². The van der Waals surface area contributed by atoms with Crippen molar-refractivity contribution >= 4 is 23.7 Å². The lowest BCUT2D eigenvalue weighted by molar-refractivity contribution is -0.143. The van der Waals surface area contributed by atoms with E-state index in [0.29, 0.717) is 19.4 Å². The second-order valence-corrected chi connectivity index (χ2v) is 8.97. The Morgan fingerprint density at radius 3 is 1.58 bits per heavy atom. The molecular weight excluding hydrogens is 490 g/mol. The predicted molar refractivity (Wildman–Crippen MR) is 142 cm³/mol. The number of aliphatic carboxylic acids is 1. The molecule has 0 aliphatic rings. The molecule has 0 fully saturated rings. The van der Waals surface area contributed by atoms with E-state index in [1.54, 1.807) is 54.6 Å². The van der Waals surface area contributed by atoms with Gasteiger partial charge in [0.15, 0.2) is 0 Å². The average Bonchev–Trinajstić information content (AvgIpc) is 2.91. The molecule has 2 aromatic rings. The van der Waals surface area contributed by atoms with Gasteiger partial charge in [0.25, 0.3) is 0 Å². The fraction of sp³-hybridized carbons (Fsp3) is 0.407. The van der Waals surface area contributed by atoms with Gasteiger partial charge in [0, 0.05) is 12.8 Å². The van der Waals surface area contributed by atoms with Gasteiger partial charge in [-0.15, -0.1) is 0 Å². The standard InChI is InChI=1S/C27H37N5O6/c28-14-8-7-13-20(29)24(34)30-21(15-18-9-3-1-4-10-18)25(35)31-22(16-19-11-5-2-6-12-19)26(36)32-23(17-33)27(37)38/h1-6,9-12,20-23,33H,7-8,13-17,28-29H2,(H,30,34)(H,31,35)(H,32,36)(H,37,38). The molecule has 0 saturated carbocycles. The van der Waals surface area contributed by atoms with Gasteiger partial charge < -0.3 is 37.6 Å². The minimum absolute atomic E-state index is 0.0563. The molecule has 2 aromatic carbocycles. The number of amides is 3. The van der Waals surface area contributed by atoms with Crippen molar-refractivity contribution in [3.05, 3.63) is 71.8 Å². The molecule has 4 unspecified atom stereocenters. The smallest absolute Gasteiger partial charge is 0.328 e. The third-order valence-electron chi connectivity index (χ3n) is 5.93. The van der Waals surface area contributed by atoms with Crippen LogP contribution >= 0.6 is 0 Å². The first-order valence-corrected chi connectivity index (χ1v) is 12.5. The third kappa shape index (κ3) is 10.3. The molecule has 0 heterocycles. The van der Waals surface area contributed by atoms with Crippen LogP contribution < -0.4 is 27.4 Å². The Morgan fingerprint density at radius 1 is 0.711 bits per heavy atom. The van der Waals surface area contributed by atoms with E-state index >= 15 is 0 Å². The lowest BCUT2D eigenvalue weighted by Gasteiger charge is -2.25. The number of rotatable bonds is 16. The van der Waals surface area contributed by atoms with Gasteiger partial charge >= 0.3 is 5.97 Å². The number of aliphatic hydroxyl groups excluding tert-OH is 1. The van der Waals surface area contributed by atoms with Crippen molar-refractivity contribution in [1.82, 2.24) is 16.0 Å². The molecule has 11 heteroatoms. The van der Waals surface area contributed by atoms with Crippen LogP contribution in [0.3, 0.4) is 0 Å². The number of aliphatic hydroxyl groups is 1. The highest BCUT2D eigenvalue weighted by Crippen LogP contribution is 2.08. The monoisotopic (exact) mass is 527 g/mol. The van der Waals surface area contributed by atoms with Crippen molar-refractivity contribution < 1.29 is 29.4 Å². The largest absolute Gasteiger partial charge is 0.480 e. The van der Waals surface area contributed by atoms with Crippen LogP contribution in [-0.2, 0) is 32.0 Å². The Bertz CT molecular complexity index is 1040. The molecule has 9 N–H and O–H groups in total. The first-order valence-electron chi connectivity index (χ1n) is 12.5. The SMILES string of the molecule is NCCCCC(N)C(=O)NC(Cc1ccccc1)C(=O)NC(Cc1ccccc1)C(=O)NC(CO)C(=O)O. The zero-order chi connectivity index (χ0) is 27.9. The molecule has 0 aromatic heterocycles. The quantitative estimate of drug-likeness (QED) is 0.141. The molecule has 0 bridgehead atoms. The lowest BCUT2D eigenvalue weighted by atomic mass is 10.0. The number of benzene rings is 2. The number of carboxylic acid groups (broad SMARTS) is 1. The Kier molecular flexibility index (Phi) is 12.9. The highest BCUT2D eigenvalue weighted by Gasteiger charge is 2.30. The molecule has 2 rings (SSSR count). The van der Waals surface area contributed by atoms with Gasteiger partial charge in [0.1, 0.15) is 18.1 Å². The van der Waals surface area contributed by atoms with Crippen LogP contribution in [0.25, 0.3) is 0 Å². The van der Waals surface area contributed by atoms with Crippen molar-refractivity contribution in [2.75, 3.05) is 13.2 Å². The minimum Gasteiger partial charge on any atom is -0.480 e. The summed E-state index contributed by atoms with van der Waals surface area (Å²) in [5.74, 6) is -3.34. The van der Waals surface area contributed by atoms with Crippen LogP contribution in [-0.4, -0.2) is 71.2 Å². The first-order chi connectivity index (χ1) is 18.2. The Balaban J connectivity index is 2.24. The number of hydrogen-bond donors (Lipinski definition) is 7. The molecule has 38 heavy (non-hydrogen) atoms. The van der Waals surface area contributed by atoms with Crippen molar-refractivity contribution in [2.24, 2.45) is 11.5 Å². The first kappa shape index (κ1) is 30.4. The van der Waals surface area contributed by atoms with Crippen molar-refractivity contribution in [3.63, 3.8) is 0 Å². The normalized spacial score (nSPS) is 14.0. The molecule has 11 nitrogen and oxygen atoms in total. The molecular formula is C27H37N5O6. The van der Waals surface area contributed by atoms with E-state index in [1.807, 2.05) is 6.07 Å². The maximum Gasteiger partial charge on any atom is 0.328 e. The summed E-state index contributed by atoms with van der Waals surface area (Å²) in [5.41, 5.74) is 13.0. The molecule has 0 radical (unpaired) electrons. The van der Waals surface area contributed by atoms with Crippen molar-refractivity contribution in [3.8, 4) is 0 Å². The number of carbonyl (C=O) groups excluding carboxylic acids is 3. The Hall–Kier alpha value is -3.80. The second kappa shape index (κ2) is 16.1.